The molecule has 0 bridgehead atoms. The van der Waals surface area contributed by atoms with Crippen LogP contribution in [0.25, 0.3) is 21.6 Å². The van der Waals surface area contributed by atoms with Gasteiger partial charge in [0.25, 0.3) is 0 Å². The number of imidazole rings is 1. The number of nitrogens with two attached hydrogens (primary N) is 1. The van der Waals surface area contributed by atoms with Gasteiger partial charge in [0.1, 0.15) is 18.5 Å². The highest BCUT2D eigenvalue weighted by molar-refractivity contribution is 7.99. The predicted molar refractivity (Wildman–Crippen MR) is 97.3 cm³/mol. The minimum Gasteiger partial charge on any atom is -0.481 e. The number of ether oxygens (including phenoxy) is 1. The number of thioether (sulfide) groups is 1. The maximum Gasteiger partial charge on any atom is 0.303 e. The van der Waals surface area contributed by atoms with Gasteiger partial charge >= 0.3 is 5.97 Å². The highest BCUT2D eigenvalue weighted by atomic mass is 32.2. The average molecular weight is 410 g/mol. The Balaban J connectivity index is 1.94. The van der Waals surface area contributed by atoms with E-state index < -0.39 is 30.5 Å². The number of hydrogen-bond acceptors (Lipinski definition) is 10. The molecule has 0 radical (unpaired) electrons. The van der Waals surface area contributed by atoms with E-state index in [1.807, 2.05) is 0 Å². The van der Waals surface area contributed by atoms with Gasteiger partial charge in [0, 0.05) is 17.1 Å². The summed E-state index contributed by atoms with van der Waals surface area (Å²) in [6, 6.07) is 0. The topological polar surface area (TPSA) is 205 Å². The Labute approximate surface area is 162 Å². The van der Waals surface area contributed by atoms with E-state index in [0.29, 0.717) is 28.5 Å². The van der Waals surface area contributed by atoms with Crippen molar-refractivity contribution < 1.29 is 24.9 Å². The fraction of sp³-hybridized carbons (Fsp3) is 0.571. The van der Waals surface area contributed by atoms with E-state index in [9.17, 15) is 15.0 Å². The molecule has 1 aliphatic heterocycles. The van der Waals surface area contributed by atoms with Crippen LogP contribution in [-0.4, -0.2) is 71.4 Å². The van der Waals surface area contributed by atoms with Gasteiger partial charge in [-0.1, -0.05) is 16.9 Å². The second-order valence-corrected chi connectivity index (χ2v) is 7.06. The number of nitrogen functional groups attached to an aromatic ring is 1. The minimum absolute atomic E-state index is 0.00464. The quantitative estimate of drug-likeness (QED) is 0.154. The molecular weight excluding hydrogens is 392 g/mol. The maximum absolute atomic E-state index is 10.7. The molecule has 4 atom stereocenters. The highest BCUT2D eigenvalue weighted by Crippen LogP contribution is 2.36. The van der Waals surface area contributed by atoms with Crippen LogP contribution >= 0.6 is 11.8 Å². The molecule has 28 heavy (non-hydrogen) atoms. The Morgan fingerprint density at radius 2 is 2.21 bits per heavy atom. The Morgan fingerprint density at radius 1 is 1.43 bits per heavy atom. The zero-order valence-electron chi connectivity index (χ0n) is 14.5. The number of carboxylic acid groups (broad SMARTS) is 1. The van der Waals surface area contributed by atoms with Crippen LogP contribution in [0.15, 0.2) is 16.6 Å². The molecule has 13 nitrogen and oxygen atoms in total. The molecule has 2 aromatic heterocycles. The zero-order valence-corrected chi connectivity index (χ0v) is 15.3. The Morgan fingerprint density at radius 3 is 2.93 bits per heavy atom. The van der Waals surface area contributed by atoms with Crippen molar-refractivity contribution in [2.75, 3.05) is 18.0 Å². The number of anilines is 1. The second kappa shape index (κ2) is 8.58. The summed E-state index contributed by atoms with van der Waals surface area (Å²) in [6.45, 7) is -0.157. The van der Waals surface area contributed by atoms with Crippen LogP contribution in [0.3, 0.4) is 0 Å². The fourth-order valence-electron chi connectivity index (χ4n) is 2.83. The van der Waals surface area contributed by atoms with Crippen LogP contribution in [0.2, 0.25) is 0 Å². The van der Waals surface area contributed by atoms with Crippen LogP contribution in [0.5, 0.6) is 0 Å². The van der Waals surface area contributed by atoms with Gasteiger partial charge in [-0.2, -0.15) is 0 Å². The molecular formula is C14H18N8O5S. The van der Waals surface area contributed by atoms with Gasteiger partial charge in [0.2, 0.25) is 0 Å². The summed E-state index contributed by atoms with van der Waals surface area (Å²) in [5.74, 6) is -0.325. The second-order valence-electron chi connectivity index (χ2n) is 6.00. The molecule has 0 spiro atoms. The van der Waals surface area contributed by atoms with Gasteiger partial charge in [0.05, 0.1) is 12.6 Å². The number of nitrogens with zero attached hydrogens (tertiary/aromatic N) is 7. The number of carbonyl (C=O) groups is 1. The van der Waals surface area contributed by atoms with Crippen molar-refractivity contribution in [1.82, 2.24) is 19.5 Å². The molecule has 0 saturated carbocycles. The van der Waals surface area contributed by atoms with Gasteiger partial charge in [-0.05, 0) is 12.0 Å². The summed E-state index contributed by atoms with van der Waals surface area (Å²) >= 11 is 1.24. The standard InChI is InChI=1S/C14H18N8O5S/c15-11-8-12(18-5-17-11)22(14(20-8)28-3-1-2-7(23)24)13-10(26)9(25)6(27-13)4-19-21-16/h5-6,9-10,13,25-26H,1-4H2,(H,23,24)(H2,15,17,18)/t6-,9-,10-,13-/m1/s1. The van der Waals surface area contributed by atoms with E-state index in [0.717, 1.165) is 0 Å². The molecule has 3 heterocycles. The molecule has 0 amide bonds. The van der Waals surface area contributed by atoms with Gasteiger partial charge < -0.3 is 25.8 Å². The first kappa shape index (κ1) is 20.1. The van der Waals surface area contributed by atoms with Crippen LogP contribution in [0.1, 0.15) is 19.1 Å². The summed E-state index contributed by atoms with van der Waals surface area (Å²) < 4.78 is 7.20. The number of hydrogen-bond donors (Lipinski definition) is 4. The third-order valence-corrected chi connectivity index (χ3v) is 5.19. The van der Waals surface area contributed by atoms with Gasteiger partial charge in [-0.3, -0.25) is 9.36 Å². The van der Waals surface area contributed by atoms with Crippen molar-refractivity contribution >= 4 is 34.7 Å². The number of rotatable bonds is 8. The molecule has 2 aromatic rings. The number of aromatic nitrogens is 4. The summed E-state index contributed by atoms with van der Waals surface area (Å²) in [4.78, 5) is 25.8. The molecule has 1 fully saturated rings. The number of aliphatic hydroxyl groups is 2. The molecule has 1 aliphatic rings. The molecule has 1 saturated heterocycles. The van der Waals surface area contributed by atoms with Crippen LogP contribution in [0.4, 0.5) is 5.82 Å². The number of carboxylic acids is 1. The van der Waals surface area contributed by atoms with Crippen molar-refractivity contribution in [1.29, 1.82) is 0 Å². The van der Waals surface area contributed by atoms with E-state index in [2.05, 4.69) is 25.0 Å². The lowest BCUT2D eigenvalue weighted by Gasteiger charge is -2.19. The third kappa shape index (κ3) is 3.95. The van der Waals surface area contributed by atoms with E-state index in [4.69, 9.17) is 21.1 Å². The van der Waals surface area contributed by atoms with Crippen molar-refractivity contribution in [3.8, 4) is 0 Å². The average Bonchev–Trinajstić information content (AvgIpc) is 3.16. The van der Waals surface area contributed by atoms with Crippen molar-refractivity contribution in [2.45, 2.75) is 42.5 Å². The summed E-state index contributed by atoms with van der Waals surface area (Å²) in [5.41, 5.74) is 14.9. The Kier molecular flexibility index (Phi) is 6.16. The molecule has 0 unspecified atom stereocenters. The van der Waals surface area contributed by atoms with E-state index >= 15 is 0 Å². The first-order valence-corrected chi connectivity index (χ1v) is 9.28. The van der Waals surface area contributed by atoms with Gasteiger partial charge in [0.15, 0.2) is 28.4 Å². The Bertz CT molecular complexity index is 917. The summed E-state index contributed by atoms with van der Waals surface area (Å²) in [6.07, 6.45) is -2.91. The zero-order chi connectivity index (χ0) is 20.3. The largest absolute Gasteiger partial charge is 0.481 e. The van der Waals surface area contributed by atoms with Crippen LogP contribution in [-0.2, 0) is 9.53 Å². The maximum atomic E-state index is 10.7. The lowest BCUT2D eigenvalue weighted by atomic mass is 10.1. The van der Waals surface area contributed by atoms with Crippen molar-refractivity contribution in [3.05, 3.63) is 16.8 Å². The molecule has 5 N–H and O–H groups in total. The number of aliphatic carboxylic acids is 1. The minimum atomic E-state index is -1.33. The molecule has 0 aliphatic carbocycles. The third-order valence-electron chi connectivity index (χ3n) is 4.16. The SMILES string of the molecule is [N-]=[N+]=NC[C@H]1O[C@@H](n2c(SCCCC(=O)O)nc3c(N)ncnc32)[C@H](O)[C@@H]1O. The van der Waals surface area contributed by atoms with Crippen molar-refractivity contribution in [3.63, 3.8) is 0 Å². The number of aliphatic hydroxyl groups excluding tert-OH is 2. The summed E-state index contributed by atoms with van der Waals surface area (Å²) in [7, 11) is 0. The molecule has 3 rings (SSSR count). The predicted octanol–water partition coefficient (Wildman–Crippen LogP) is 0.295. The number of azide groups is 1. The van der Waals surface area contributed by atoms with E-state index in [-0.39, 0.29) is 18.8 Å². The molecule has 14 heteroatoms. The monoisotopic (exact) mass is 410 g/mol. The fourth-order valence-corrected chi connectivity index (χ4v) is 3.79. The lowest BCUT2D eigenvalue weighted by molar-refractivity contribution is -0.137. The molecule has 0 aromatic carbocycles. The van der Waals surface area contributed by atoms with Crippen LogP contribution in [0, 0.1) is 0 Å². The summed E-state index contributed by atoms with van der Waals surface area (Å²) in [5, 5.41) is 33.2. The molecule has 150 valence electrons. The number of fused-ring (bicyclic) bond motifs is 1. The normalized spacial score (nSPS) is 24.4. The van der Waals surface area contributed by atoms with E-state index in [1.54, 1.807) is 0 Å². The first-order chi connectivity index (χ1) is 13.4. The first-order valence-electron chi connectivity index (χ1n) is 8.29. The highest BCUT2D eigenvalue weighted by Gasteiger charge is 2.45. The van der Waals surface area contributed by atoms with Gasteiger partial charge in [-0.25, -0.2) is 15.0 Å². The lowest BCUT2D eigenvalue weighted by Crippen LogP contribution is -2.32. The van der Waals surface area contributed by atoms with Crippen molar-refractivity contribution in [2.24, 2.45) is 5.11 Å². The van der Waals surface area contributed by atoms with Gasteiger partial charge in [-0.15, -0.1) is 0 Å². The smallest absolute Gasteiger partial charge is 0.303 e. The Hall–Kier alpha value is -2.64. The van der Waals surface area contributed by atoms with E-state index in [1.165, 1.54) is 22.7 Å². The van der Waals surface area contributed by atoms with Crippen LogP contribution < -0.4 is 5.73 Å².